The summed E-state index contributed by atoms with van der Waals surface area (Å²) in [6.45, 7) is 1.53. The normalized spacial score (nSPS) is 13.8. The Morgan fingerprint density at radius 1 is 1.29 bits per heavy atom. The Kier molecular flexibility index (Phi) is 4.75. The molecule has 0 fully saturated rings. The summed E-state index contributed by atoms with van der Waals surface area (Å²) in [7, 11) is 0.966. The first kappa shape index (κ1) is 15.5. The van der Waals surface area contributed by atoms with E-state index in [1.165, 1.54) is 0 Å². The molecule has 2 amide bonds. The van der Waals surface area contributed by atoms with Crippen molar-refractivity contribution in [3.63, 3.8) is 0 Å². The Bertz CT molecular complexity index is 304. The molecule has 0 unspecified atom stereocenters. The first-order valence-electron chi connectivity index (χ1n) is 4.49. The van der Waals surface area contributed by atoms with Crippen molar-refractivity contribution in [1.82, 2.24) is 10.7 Å². The number of nitrogens with one attached hydrogen (secondary N) is 2. The number of rotatable bonds is 3. The van der Waals surface area contributed by atoms with Crippen LogP contribution in [0.5, 0.6) is 0 Å². The summed E-state index contributed by atoms with van der Waals surface area (Å²) in [6.07, 6.45) is -5.86. The van der Waals surface area contributed by atoms with Gasteiger partial charge in [-0.3, -0.25) is 10.2 Å². The molecule has 0 radical (unpaired) electrons. The van der Waals surface area contributed by atoms with Crippen molar-refractivity contribution in [1.29, 1.82) is 0 Å². The molecular formula is C8H14F3N3O3. The average Bonchev–Trinajstić information content (AvgIpc) is 2.22. The minimum atomic E-state index is -4.70. The third-order valence-electron chi connectivity index (χ3n) is 2.30. The van der Waals surface area contributed by atoms with Crippen molar-refractivity contribution in [3.05, 3.63) is 0 Å². The maximum absolute atomic E-state index is 12.7. The summed E-state index contributed by atoms with van der Waals surface area (Å²) in [6, 6.07) is -1.89. The smallest absolute Gasteiger partial charge is 0.407 e. The second-order valence-corrected chi connectivity index (χ2v) is 3.80. The predicted molar refractivity (Wildman–Crippen MR) is 51.5 cm³/mol. The zero-order valence-corrected chi connectivity index (χ0v) is 9.51. The Balaban J connectivity index is 5.18. The van der Waals surface area contributed by atoms with Crippen molar-refractivity contribution < 1.29 is 27.5 Å². The monoisotopic (exact) mass is 257 g/mol. The quantitative estimate of drug-likeness (QED) is 0.385. The standard InChI is InChI=1S/C8H14F3N3O3/c1-7(2,8(9,10)11)4(5(15)14-12)13-6(16)17-3/h4H,12H2,1-3H3,(H,13,16)(H,14,15)/t4-/m1/s1. The van der Waals surface area contributed by atoms with Crippen LogP contribution in [-0.4, -0.2) is 31.3 Å². The number of alkyl halides is 3. The maximum Gasteiger partial charge on any atom is 0.407 e. The van der Waals surface area contributed by atoms with Gasteiger partial charge in [-0.25, -0.2) is 10.6 Å². The third-order valence-corrected chi connectivity index (χ3v) is 2.30. The van der Waals surface area contributed by atoms with Gasteiger partial charge in [0, 0.05) is 0 Å². The van der Waals surface area contributed by atoms with Crippen LogP contribution in [0.2, 0.25) is 0 Å². The van der Waals surface area contributed by atoms with E-state index < -0.39 is 29.6 Å². The fourth-order valence-electron chi connectivity index (χ4n) is 0.997. The number of hydrogen-bond donors (Lipinski definition) is 3. The lowest BCUT2D eigenvalue weighted by atomic mass is 9.83. The average molecular weight is 257 g/mol. The molecule has 6 nitrogen and oxygen atoms in total. The third kappa shape index (κ3) is 3.48. The molecule has 1 atom stereocenters. The summed E-state index contributed by atoms with van der Waals surface area (Å²) in [5.74, 6) is 3.60. The number of ether oxygens (including phenoxy) is 1. The molecular weight excluding hydrogens is 243 g/mol. The minimum Gasteiger partial charge on any atom is -0.453 e. The molecule has 0 aliphatic heterocycles. The lowest BCUT2D eigenvalue weighted by Gasteiger charge is -2.34. The molecule has 100 valence electrons. The number of carbonyl (C=O) groups is 2. The SMILES string of the molecule is COC(=O)N[C@H](C(=O)NN)C(C)(C)C(F)(F)F. The number of nitrogens with two attached hydrogens (primary N) is 1. The van der Waals surface area contributed by atoms with Gasteiger partial charge in [-0.05, 0) is 13.8 Å². The summed E-state index contributed by atoms with van der Waals surface area (Å²) >= 11 is 0. The number of hydrazine groups is 1. The van der Waals surface area contributed by atoms with Crippen LogP contribution in [0.3, 0.4) is 0 Å². The number of alkyl carbamates (subject to hydrolysis) is 1. The van der Waals surface area contributed by atoms with E-state index in [1.807, 2.05) is 0 Å². The molecule has 9 heteroatoms. The van der Waals surface area contributed by atoms with Gasteiger partial charge in [-0.15, -0.1) is 0 Å². The highest BCUT2D eigenvalue weighted by Crippen LogP contribution is 2.40. The van der Waals surface area contributed by atoms with Crippen molar-refractivity contribution >= 4 is 12.0 Å². The molecule has 0 aromatic heterocycles. The molecule has 0 aliphatic rings. The van der Waals surface area contributed by atoms with Crippen LogP contribution in [0, 0.1) is 5.41 Å². The molecule has 0 rings (SSSR count). The fraction of sp³-hybridized carbons (Fsp3) is 0.750. The van der Waals surface area contributed by atoms with E-state index in [-0.39, 0.29) is 0 Å². The second kappa shape index (κ2) is 5.21. The zero-order chi connectivity index (χ0) is 13.9. The Morgan fingerprint density at radius 2 is 1.76 bits per heavy atom. The van der Waals surface area contributed by atoms with Crippen LogP contribution in [0.25, 0.3) is 0 Å². The highest BCUT2D eigenvalue weighted by Gasteiger charge is 2.55. The number of carbonyl (C=O) groups excluding carboxylic acids is 2. The van der Waals surface area contributed by atoms with Gasteiger partial charge in [0.1, 0.15) is 6.04 Å². The Morgan fingerprint density at radius 3 is 2.06 bits per heavy atom. The predicted octanol–water partition coefficient (Wildman–Crippen LogP) is 0.289. The molecule has 0 aromatic rings. The van der Waals surface area contributed by atoms with Gasteiger partial charge in [0.25, 0.3) is 5.91 Å². The van der Waals surface area contributed by atoms with E-state index in [0.717, 1.165) is 21.0 Å². The molecule has 0 spiro atoms. The van der Waals surface area contributed by atoms with E-state index >= 15 is 0 Å². The molecule has 0 aliphatic carbocycles. The van der Waals surface area contributed by atoms with E-state index in [2.05, 4.69) is 4.74 Å². The molecule has 4 N–H and O–H groups in total. The van der Waals surface area contributed by atoms with Crippen LogP contribution < -0.4 is 16.6 Å². The van der Waals surface area contributed by atoms with Crippen molar-refractivity contribution in [3.8, 4) is 0 Å². The lowest BCUT2D eigenvalue weighted by molar-refractivity contribution is -0.220. The molecule has 0 heterocycles. The number of halogens is 3. The number of hydrogen-bond acceptors (Lipinski definition) is 4. The van der Waals surface area contributed by atoms with Crippen LogP contribution in [0.1, 0.15) is 13.8 Å². The van der Waals surface area contributed by atoms with Crippen molar-refractivity contribution in [2.45, 2.75) is 26.1 Å². The second-order valence-electron chi connectivity index (χ2n) is 3.80. The maximum atomic E-state index is 12.7. The first-order valence-corrected chi connectivity index (χ1v) is 4.49. The molecule has 0 bridgehead atoms. The van der Waals surface area contributed by atoms with Gasteiger partial charge in [-0.1, -0.05) is 0 Å². The van der Waals surface area contributed by atoms with E-state index in [4.69, 9.17) is 5.84 Å². The molecule has 0 saturated heterocycles. The van der Waals surface area contributed by atoms with Gasteiger partial charge >= 0.3 is 12.3 Å². The van der Waals surface area contributed by atoms with E-state index in [0.29, 0.717) is 0 Å². The summed E-state index contributed by atoms with van der Waals surface area (Å²) < 4.78 is 42.3. The van der Waals surface area contributed by atoms with Gasteiger partial charge < -0.3 is 10.1 Å². The number of amides is 2. The van der Waals surface area contributed by atoms with Gasteiger partial charge in [0.2, 0.25) is 0 Å². The summed E-state index contributed by atoms with van der Waals surface area (Å²) in [5, 5.41) is 1.79. The van der Waals surface area contributed by atoms with Crippen LogP contribution in [0.4, 0.5) is 18.0 Å². The van der Waals surface area contributed by atoms with Crippen LogP contribution in [-0.2, 0) is 9.53 Å². The summed E-state index contributed by atoms with van der Waals surface area (Å²) in [4.78, 5) is 22.1. The van der Waals surface area contributed by atoms with Crippen LogP contribution >= 0.6 is 0 Å². The van der Waals surface area contributed by atoms with E-state index in [9.17, 15) is 22.8 Å². The van der Waals surface area contributed by atoms with Gasteiger partial charge in [0.15, 0.2) is 0 Å². The Labute approximate surface area is 95.6 Å². The van der Waals surface area contributed by atoms with Gasteiger partial charge in [-0.2, -0.15) is 13.2 Å². The topological polar surface area (TPSA) is 93.4 Å². The zero-order valence-electron chi connectivity index (χ0n) is 9.51. The van der Waals surface area contributed by atoms with Crippen molar-refractivity contribution in [2.75, 3.05) is 7.11 Å². The number of methoxy groups -OCH3 is 1. The lowest BCUT2D eigenvalue weighted by Crippen LogP contribution is -2.60. The highest BCUT2D eigenvalue weighted by molar-refractivity contribution is 5.86. The fourth-order valence-corrected chi connectivity index (χ4v) is 0.997. The minimum absolute atomic E-state index is 0.767. The molecule has 0 saturated carbocycles. The van der Waals surface area contributed by atoms with Crippen molar-refractivity contribution in [2.24, 2.45) is 11.3 Å². The highest BCUT2D eigenvalue weighted by atomic mass is 19.4. The molecule has 17 heavy (non-hydrogen) atoms. The first-order chi connectivity index (χ1) is 7.57. The van der Waals surface area contributed by atoms with Crippen LogP contribution in [0.15, 0.2) is 0 Å². The van der Waals surface area contributed by atoms with E-state index in [1.54, 1.807) is 10.7 Å². The Hall–Kier alpha value is -1.51. The van der Waals surface area contributed by atoms with Gasteiger partial charge in [0.05, 0.1) is 12.5 Å². The summed E-state index contributed by atoms with van der Waals surface area (Å²) in [5.41, 5.74) is -0.932. The molecule has 0 aromatic carbocycles. The largest absolute Gasteiger partial charge is 0.453 e.